The van der Waals surface area contributed by atoms with Crippen molar-refractivity contribution in [1.82, 2.24) is 15.5 Å². The van der Waals surface area contributed by atoms with Crippen molar-refractivity contribution in [3.05, 3.63) is 34.9 Å². The van der Waals surface area contributed by atoms with Crippen LogP contribution in [-0.2, 0) is 14.9 Å². The van der Waals surface area contributed by atoms with Crippen LogP contribution in [0.25, 0.3) is 0 Å². The SMILES string of the molecule is CCNC(=NCC1(c2ccccc2Cl)CCOCC1)NC1CCN(C(=O)CC)C1.I. The lowest BCUT2D eigenvalue weighted by atomic mass is 9.74. The number of hydrogen-bond acceptors (Lipinski definition) is 3. The first-order valence-corrected chi connectivity index (χ1v) is 11.1. The van der Waals surface area contributed by atoms with Crippen molar-refractivity contribution in [1.29, 1.82) is 0 Å². The minimum absolute atomic E-state index is 0. The fourth-order valence-corrected chi connectivity index (χ4v) is 4.57. The number of halogens is 2. The summed E-state index contributed by atoms with van der Waals surface area (Å²) in [5.41, 5.74) is 1.05. The number of likely N-dealkylation sites (tertiary alicyclic amines) is 1. The summed E-state index contributed by atoms with van der Waals surface area (Å²) in [5, 5.41) is 7.69. The van der Waals surface area contributed by atoms with Gasteiger partial charge in [-0.15, -0.1) is 24.0 Å². The van der Waals surface area contributed by atoms with Crippen LogP contribution in [0.15, 0.2) is 29.3 Å². The summed E-state index contributed by atoms with van der Waals surface area (Å²) < 4.78 is 5.63. The van der Waals surface area contributed by atoms with E-state index in [1.54, 1.807) is 0 Å². The molecule has 0 aliphatic carbocycles. The van der Waals surface area contributed by atoms with E-state index < -0.39 is 0 Å². The largest absolute Gasteiger partial charge is 0.381 e. The van der Waals surface area contributed by atoms with Crippen LogP contribution in [0.2, 0.25) is 5.02 Å². The van der Waals surface area contributed by atoms with Gasteiger partial charge < -0.3 is 20.3 Å². The maximum atomic E-state index is 12.0. The van der Waals surface area contributed by atoms with Crippen molar-refractivity contribution < 1.29 is 9.53 Å². The van der Waals surface area contributed by atoms with E-state index in [0.29, 0.717) is 13.0 Å². The number of carbonyl (C=O) groups excluding carboxylic acids is 1. The second-order valence-corrected chi connectivity index (χ2v) is 8.30. The van der Waals surface area contributed by atoms with Crippen molar-refractivity contribution in [2.45, 2.75) is 51.0 Å². The van der Waals surface area contributed by atoms with Gasteiger partial charge in [0, 0.05) is 55.7 Å². The first-order chi connectivity index (χ1) is 14.1. The van der Waals surface area contributed by atoms with Gasteiger partial charge in [0.25, 0.3) is 0 Å². The zero-order valence-electron chi connectivity index (χ0n) is 18.0. The number of guanidine groups is 1. The summed E-state index contributed by atoms with van der Waals surface area (Å²) in [6.45, 7) is 8.42. The van der Waals surface area contributed by atoms with Gasteiger partial charge in [-0.3, -0.25) is 9.79 Å². The molecular formula is C22H34ClIN4O2. The maximum absolute atomic E-state index is 12.0. The number of amides is 1. The van der Waals surface area contributed by atoms with Gasteiger partial charge in [-0.1, -0.05) is 36.7 Å². The number of nitrogens with zero attached hydrogens (tertiary/aromatic N) is 2. The third kappa shape index (κ3) is 6.23. The highest BCUT2D eigenvalue weighted by Crippen LogP contribution is 2.38. The van der Waals surface area contributed by atoms with E-state index in [1.165, 1.54) is 0 Å². The van der Waals surface area contributed by atoms with Gasteiger partial charge in [-0.25, -0.2) is 0 Å². The molecule has 2 aliphatic rings. The molecule has 1 unspecified atom stereocenters. The molecule has 6 nitrogen and oxygen atoms in total. The minimum atomic E-state index is -0.112. The number of aliphatic imine (C=N–C) groups is 1. The Balaban J connectivity index is 0.00000320. The quantitative estimate of drug-likeness (QED) is 0.324. The minimum Gasteiger partial charge on any atom is -0.381 e. The van der Waals surface area contributed by atoms with E-state index in [-0.39, 0.29) is 41.3 Å². The van der Waals surface area contributed by atoms with Crippen LogP contribution in [0.4, 0.5) is 0 Å². The number of benzene rings is 1. The molecule has 0 aromatic heterocycles. The second-order valence-electron chi connectivity index (χ2n) is 7.89. The Bertz CT molecular complexity index is 725. The first-order valence-electron chi connectivity index (χ1n) is 10.7. The zero-order chi connectivity index (χ0) is 20.7. The predicted molar refractivity (Wildman–Crippen MR) is 133 cm³/mol. The van der Waals surface area contributed by atoms with Crippen LogP contribution >= 0.6 is 35.6 Å². The molecule has 2 aliphatic heterocycles. The van der Waals surface area contributed by atoms with Crippen molar-refractivity contribution in [2.75, 3.05) is 39.4 Å². The normalized spacial score (nSPS) is 21.1. The standard InChI is InChI=1S/C22H33ClN4O2.HI/c1-3-20(28)27-12-9-17(15-27)26-21(24-4-2)25-16-22(10-13-29-14-11-22)18-7-5-6-8-19(18)23;/h5-8,17H,3-4,9-16H2,1-2H3,(H2,24,25,26);1H. The molecular weight excluding hydrogens is 515 g/mol. The highest BCUT2D eigenvalue weighted by Gasteiger charge is 2.36. The van der Waals surface area contributed by atoms with Gasteiger partial charge >= 0.3 is 0 Å². The molecule has 2 fully saturated rings. The molecule has 8 heteroatoms. The molecule has 1 atom stereocenters. The van der Waals surface area contributed by atoms with Gasteiger partial charge in [0.2, 0.25) is 5.91 Å². The molecule has 2 N–H and O–H groups in total. The topological polar surface area (TPSA) is 66.0 Å². The van der Waals surface area contributed by atoms with E-state index in [4.69, 9.17) is 21.3 Å². The molecule has 0 saturated carbocycles. The lowest BCUT2D eigenvalue weighted by molar-refractivity contribution is -0.129. The summed E-state index contributed by atoms with van der Waals surface area (Å²) in [4.78, 5) is 18.9. The van der Waals surface area contributed by atoms with Crippen molar-refractivity contribution >= 4 is 47.4 Å². The number of rotatable bonds is 6. The van der Waals surface area contributed by atoms with Crippen LogP contribution in [0, 0.1) is 0 Å². The van der Waals surface area contributed by atoms with E-state index in [2.05, 4.69) is 23.6 Å². The van der Waals surface area contributed by atoms with Crippen LogP contribution in [0.3, 0.4) is 0 Å². The highest BCUT2D eigenvalue weighted by molar-refractivity contribution is 14.0. The van der Waals surface area contributed by atoms with Crippen LogP contribution < -0.4 is 10.6 Å². The molecule has 2 heterocycles. The van der Waals surface area contributed by atoms with Gasteiger partial charge in [-0.2, -0.15) is 0 Å². The van der Waals surface area contributed by atoms with E-state index >= 15 is 0 Å². The Morgan fingerprint density at radius 3 is 2.70 bits per heavy atom. The molecule has 168 valence electrons. The zero-order valence-corrected chi connectivity index (χ0v) is 21.0. The molecule has 30 heavy (non-hydrogen) atoms. The van der Waals surface area contributed by atoms with Crippen molar-refractivity contribution in [3.8, 4) is 0 Å². The van der Waals surface area contributed by atoms with Crippen LogP contribution in [0.1, 0.15) is 45.1 Å². The summed E-state index contributed by atoms with van der Waals surface area (Å²) >= 11 is 6.56. The van der Waals surface area contributed by atoms with Gasteiger partial charge in [0.1, 0.15) is 0 Å². The molecule has 0 bridgehead atoms. The fourth-order valence-electron chi connectivity index (χ4n) is 4.24. The Labute approximate surface area is 202 Å². The van der Waals surface area contributed by atoms with Crippen molar-refractivity contribution in [2.24, 2.45) is 4.99 Å². The average molecular weight is 549 g/mol. The summed E-state index contributed by atoms with van der Waals surface area (Å²) in [6.07, 6.45) is 3.31. The average Bonchev–Trinajstić information content (AvgIpc) is 3.21. The lowest BCUT2D eigenvalue weighted by Gasteiger charge is -2.37. The van der Waals surface area contributed by atoms with Gasteiger partial charge in [0.05, 0.1) is 6.54 Å². The van der Waals surface area contributed by atoms with E-state index in [9.17, 15) is 4.79 Å². The number of carbonyl (C=O) groups is 1. The third-order valence-electron chi connectivity index (χ3n) is 5.96. The molecule has 3 rings (SSSR count). The Hall–Kier alpha value is -1.06. The predicted octanol–water partition coefficient (Wildman–Crippen LogP) is 3.57. The molecule has 0 spiro atoms. The number of nitrogens with one attached hydrogen (secondary N) is 2. The Kier molecular flexibility index (Phi) is 10.2. The van der Waals surface area contributed by atoms with Gasteiger partial charge in [-0.05, 0) is 37.8 Å². The number of ether oxygens (including phenoxy) is 1. The smallest absolute Gasteiger partial charge is 0.222 e. The molecule has 2 saturated heterocycles. The summed E-state index contributed by atoms with van der Waals surface area (Å²) in [6, 6.07) is 8.32. The van der Waals surface area contributed by atoms with Crippen LogP contribution in [0.5, 0.6) is 0 Å². The highest BCUT2D eigenvalue weighted by atomic mass is 127. The summed E-state index contributed by atoms with van der Waals surface area (Å²) in [5.74, 6) is 1.03. The monoisotopic (exact) mass is 548 g/mol. The Morgan fingerprint density at radius 1 is 1.30 bits per heavy atom. The molecule has 1 aromatic carbocycles. The van der Waals surface area contributed by atoms with E-state index in [0.717, 1.165) is 68.7 Å². The van der Waals surface area contributed by atoms with Crippen molar-refractivity contribution in [3.63, 3.8) is 0 Å². The molecule has 1 aromatic rings. The van der Waals surface area contributed by atoms with Crippen LogP contribution in [-0.4, -0.2) is 62.2 Å². The second kappa shape index (κ2) is 12.1. The molecule has 1 amide bonds. The lowest BCUT2D eigenvalue weighted by Crippen LogP contribution is -2.46. The third-order valence-corrected chi connectivity index (χ3v) is 6.29. The Morgan fingerprint density at radius 2 is 2.03 bits per heavy atom. The number of hydrogen-bond donors (Lipinski definition) is 2. The first kappa shape index (κ1) is 25.2. The summed E-state index contributed by atoms with van der Waals surface area (Å²) in [7, 11) is 0. The maximum Gasteiger partial charge on any atom is 0.222 e. The molecule has 0 radical (unpaired) electrons. The van der Waals surface area contributed by atoms with Gasteiger partial charge in [0.15, 0.2) is 5.96 Å². The van der Waals surface area contributed by atoms with E-state index in [1.807, 2.05) is 30.0 Å². The fraction of sp³-hybridized carbons (Fsp3) is 0.636.